The van der Waals surface area contributed by atoms with Crippen molar-refractivity contribution in [2.24, 2.45) is 5.92 Å². The Bertz CT molecular complexity index is 499. The van der Waals surface area contributed by atoms with Gasteiger partial charge < -0.3 is 15.1 Å². The van der Waals surface area contributed by atoms with Crippen LogP contribution in [0.1, 0.15) is 29.6 Å². The number of carbonyl (C=O) groups is 1. The maximum Gasteiger partial charge on any atom is 0.253 e. The van der Waals surface area contributed by atoms with Crippen LogP contribution in [0.2, 0.25) is 0 Å². The van der Waals surface area contributed by atoms with Crippen LogP contribution in [0.4, 0.5) is 5.69 Å². The second-order valence-corrected chi connectivity index (χ2v) is 6.32. The van der Waals surface area contributed by atoms with Gasteiger partial charge in [0, 0.05) is 37.4 Å². The zero-order valence-electron chi connectivity index (χ0n) is 13.0. The second-order valence-electron chi connectivity index (χ2n) is 6.32. The molecule has 1 N–H and O–H groups in total. The van der Waals surface area contributed by atoms with Gasteiger partial charge in [0.1, 0.15) is 0 Å². The van der Waals surface area contributed by atoms with Crippen molar-refractivity contribution in [3.05, 3.63) is 29.8 Å². The van der Waals surface area contributed by atoms with Crippen LogP contribution >= 0.6 is 0 Å². The Morgan fingerprint density at radius 3 is 2.67 bits per heavy atom. The standard InChI is InChI=1S/C17H25N3O/c1-18-15-7-5-13(6-8-15)17(21)20-11-9-16-14(12-20)4-3-10-19(16)2/h5-8,14,16,18H,3-4,9-12H2,1-2H3. The smallest absolute Gasteiger partial charge is 0.253 e. The molecule has 0 bridgehead atoms. The molecule has 2 fully saturated rings. The van der Waals surface area contributed by atoms with Crippen LogP contribution in [0.5, 0.6) is 0 Å². The van der Waals surface area contributed by atoms with Crippen molar-refractivity contribution in [3.63, 3.8) is 0 Å². The van der Waals surface area contributed by atoms with Crippen LogP contribution in [-0.2, 0) is 0 Å². The van der Waals surface area contributed by atoms with Gasteiger partial charge in [-0.1, -0.05) is 0 Å². The molecule has 2 aliphatic heterocycles. The Kier molecular flexibility index (Phi) is 4.15. The van der Waals surface area contributed by atoms with E-state index >= 15 is 0 Å². The number of fused-ring (bicyclic) bond motifs is 1. The highest BCUT2D eigenvalue weighted by Crippen LogP contribution is 2.30. The Labute approximate surface area is 127 Å². The van der Waals surface area contributed by atoms with Gasteiger partial charge in [-0.05, 0) is 63.0 Å². The topological polar surface area (TPSA) is 35.6 Å². The summed E-state index contributed by atoms with van der Waals surface area (Å²) >= 11 is 0. The van der Waals surface area contributed by atoms with E-state index in [2.05, 4.69) is 22.2 Å². The predicted molar refractivity (Wildman–Crippen MR) is 85.7 cm³/mol. The number of likely N-dealkylation sites (tertiary alicyclic amines) is 2. The molecule has 2 aliphatic rings. The summed E-state index contributed by atoms with van der Waals surface area (Å²) in [5.74, 6) is 0.836. The van der Waals surface area contributed by atoms with E-state index in [1.807, 2.05) is 31.3 Å². The van der Waals surface area contributed by atoms with Gasteiger partial charge in [-0.25, -0.2) is 0 Å². The first-order valence-corrected chi connectivity index (χ1v) is 7.96. The van der Waals surface area contributed by atoms with Crippen LogP contribution in [0.25, 0.3) is 0 Å². The minimum absolute atomic E-state index is 0.185. The van der Waals surface area contributed by atoms with Crippen LogP contribution in [0, 0.1) is 5.92 Å². The minimum Gasteiger partial charge on any atom is -0.388 e. The van der Waals surface area contributed by atoms with Gasteiger partial charge in [0.25, 0.3) is 5.91 Å². The Morgan fingerprint density at radius 1 is 1.19 bits per heavy atom. The van der Waals surface area contributed by atoms with Crippen molar-refractivity contribution >= 4 is 11.6 Å². The molecular formula is C17H25N3O. The summed E-state index contributed by atoms with van der Waals surface area (Å²) in [6.45, 7) is 3.01. The molecule has 0 aromatic heterocycles. The maximum absolute atomic E-state index is 12.6. The van der Waals surface area contributed by atoms with E-state index in [0.717, 1.165) is 30.8 Å². The molecule has 0 aliphatic carbocycles. The third-order valence-corrected chi connectivity index (χ3v) is 5.05. The van der Waals surface area contributed by atoms with Crippen molar-refractivity contribution in [1.29, 1.82) is 0 Å². The fourth-order valence-electron chi connectivity index (χ4n) is 3.80. The third kappa shape index (κ3) is 2.91. The van der Waals surface area contributed by atoms with Gasteiger partial charge in [-0.15, -0.1) is 0 Å². The summed E-state index contributed by atoms with van der Waals surface area (Å²) < 4.78 is 0. The number of benzene rings is 1. The lowest BCUT2D eigenvalue weighted by atomic mass is 9.84. The van der Waals surface area contributed by atoms with E-state index in [4.69, 9.17) is 0 Å². The summed E-state index contributed by atoms with van der Waals surface area (Å²) in [7, 11) is 4.12. The molecule has 0 saturated carbocycles. The first kappa shape index (κ1) is 14.4. The molecule has 2 unspecified atom stereocenters. The molecular weight excluding hydrogens is 262 g/mol. The molecule has 4 heteroatoms. The van der Waals surface area contributed by atoms with Gasteiger partial charge in [-0.3, -0.25) is 4.79 Å². The summed E-state index contributed by atoms with van der Waals surface area (Å²) in [5, 5.41) is 3.08. The Balaban J connectivity index is 1.68. The first-order valence-electron chi connectivity index (χ1n) is 7.96. The monoisotopic (exact) mass is 287 g/mol. The van der Waals surface area contributed by atoms with Crippen molar-refractivity contribution < 1.29 is 4.79 Å². The number of piperidine rings is 2. The normalized spacial score (nSPS) is 26.3. The van der Waals surface area contributed by atoms with Crippen LogP contribution in [0.15, 0.2) is 24.3 Å². The summed E-state index contributed by atoms with van der Waals surface area (Å²) in [6, 6.07) is 8.46. The number of hydrogen-bond acceptors (Lipinski definition) is 3. The quantitative estimate of drug-likeness (QED) is 0.906. The first-order chi connectivity index (χ1) is 10.2. The second kappa shape index (κ2) is 6.06. The lowest BCUT2D eigenvalue weighted by Crippen LogP contribution is -2.53. The fraction of sp³-hybridized carbons (Fsp3) is 0.588. The van der Waals surface area contributed by atoms with E-state index < -0.39 is 0 Å². The molecule has 3 rings (SSSR count). The molecule has 2 saturated heterocycles. The van der Waals surface area contributed by atoms with Crippen molar-refractivity contribution in [2.45, 2.75) is 25.3 Å². The highest BCUT2D eigenvalue weighted by Gasteiger charge is 2.35. The molecule has 114 valence electrons. The van der Waals surface area contributed by atoms with Gasteiger partial charge in [0.2, 0.25) is 0 Å². The lowest BCUT2D eigenvalue weighted by Gasteiger charge is -2.46. The molecule has 0 spiro atoms. The number of nitrogens with zero attached hydrogens (tertiary/aromatic N) is 2. The fourth-order valence-corrected chi connectivity index (χ4v) is 3.80. The van der Waals surface area contributed by atoms with E-state index in [0.29, 0.717) is 12.0 Å². The zero-order valence-corrected chi connectivity index (χ0v) is 13.0. The lowest BCUT2D eigenvalue weighted by molar-refractivity contribution is 0.0317. The number of rotatable bonds is 2. The van der Waals surface area contributed by atoms with Crippen LogP contribution < -0.4 is 5.32 Å². The van der Waals surface area contributed by atoms with Crippen molar-refractivity contribution in [3.8, 4) is 0 Å². The number of hydrogen-bond donors (Lipinski definition) is 1. The molecule has 4 nitrogen and oxygen atoms in total. The van der Waals surface area contributed by atoms with Crippen LogP contribution in [0.3, 0.4) is 0 Å². The average molecular weight is 287 g/mol. The van der Waals surface area contributed by atoms with Gasteiger partial charge in [0.05, 0.1) is 0 Å². The zero-order chi connectivity index (χ0) is 14.8. The van der Waals surface area contributed by atoms with E-state index in [9.17, 15) is 4.79 Å². The van der Waals surface area contributed by atoms with E-state index in [-0.39, 0.29) is 5.91 Å². The van der Waals surface area contributed by atoms with Crippen LogP contribution in [-0.4, -0.2) is 55.5 Å². The highest BCUT2D eigenvalue weighted by molar-refractivity contribution is 5.94. The number of anilines is 1. The number of carbonyl (C=O) groups excluding carboxylic acids is 1. The highest BCUT2D eigenvalue weighted by atomic mass is 16.2. The van der Waals surface area contributed by atoms with Gasteiger partial charge in [0.15, 0.2) is 0 Å². The average Bonchev–Trinajstić information content (AvgIpc) is 2.54. The Hall–Kier alpha value is -1.55. The molecule has 1 aromatic carbocycles. The van der Waals surface area contributed by atoms with E-state index in [1.165, 1.54) is 19.4 Å². The number of nitrogens with one attached hydrogen (secondary N) is 1. The van der Waals surface area contributed by atoms with Crippen molar-refractivity contribution in [2.75, 3.05) is 39.0 Å². The van der Waals surface area contributed by atoms with Gasteiger partial charge >= 0.3 is 0 Å². The number of amides is 1. The van der Waals surface area contributed by atoms with Gasteiger partial charge in [-0.2, -0.15) is 0 Å². The molecule has 1 aromatic rings. The maximum atomic E-state index is 12.6. The Morgan fingerprint density at radius 2 is 1.95 bits per heavy atom. The summed E-state index contributed by atoms with van der Waals surface area (Å²) in [5.41, 5.74) is 1.84. The molecule has 2 heterocycles. The van der Waals surface area contributed by atoms with E-state index in [1.54, 1.807) is 0 Å². The predicted octanol–water partition coefficient (Wildman–Crippen LogP) is 2.28. The molecule has 0 radical (unpaired) electrons. The third-order valence-electron chi connectivity index (χ3n) is 5.05. The van der Waals surface area contributed by atoms with Crippen molar-refractivity contribution in [1.82, 2.24) is 9.80 Å². The summed E-state index contributed by atoms with van der Waals surface area (Å²) in [6.07, 6.45) is 3.63. The molecule has 1 amide bonds. The SMILES string of the molecule is CNc1ccc(C(=O)N2CCC3C(CCCN3C)C2)cc1. The molecule has 21 heavy (non-hydrogen) atoms. The molecule has 2 atom stereocenters. The summed E-state index contributed by atoms with van der Waals surface area (Å²) in [4.78, 5) is 17.2. The largest absolute Gasteiger partial charge is 0.388 e. The minimum atomic E-state index is 0.185.